The van der Waals surface area contributed by atoms with Crippen molar-refractivity contribution in [3.63, 3.8) is 0 Å². The summed E-state index contributed by atoms with van der Waals surface area (Å²) >= 11 is 6.00. The Morgan fingerprint density at radius 1 is 1.00 bits per heavy atom. The molecule has 2 aromatic carbocycles. The van der Waals surface area contributed by atoms with Crippen LogP contribution in [0.15, 0.2) is 51.7 Å². The normalized spacial score (nSPS) is 10.9. The summed E-state index contributed by atoms with van der Waals surface area (Å²) in [6.45, 7) is 3.88. The van der Waals surface area contributed by atoms with Crippen LogP contribution in [0.1, 0.15) is 11.1 Å². The van der Waals surface area contributed by atoms with Crippen molar-refractivity contribution in [2.24, 2.45) is 0 Å². The summed E-state index contributed by atoms with van der Waals surface area (Å²) in [6.07, 6.45) is 0. The van der Waals surface area contributed by atoms with Gasteiger partial charge in [0.2, 0.25) is 0 Å². The van der Waals surface area contributed by atoms with Gasteiger partial charge in [-0.05, 0) is 37.1 Å². The Bertz CT molecular complexity index is 862. The molecule has 0 spiro atoms. The monoisotopic (exact) mass is 284 g/mol. The molecule has 3 rings (SSSR count). The number of halogens is 1. The highest BCUT2D eigenvalue weighted by molar-refractivity contribution is 6.31. The molecule has 0 unspecified atom stereocenters. The molecule has 0 aliphatic rings. The van der Waals surface area contributed by atoms with Gasteiger partial charge in [-0.2, -0.15) is 0 Å². The fourth-order valence-corrected chi connectivity index (χ4v) is 2.64. The van der Waals surface area contributed by atoms with Gasteiger partial charge in [-0.1, -0.05) is 35.9 Å². The van der Waals surface area contributed by atoms with E-state index in [9.17, 15) is 4.79 Å². The quantitative estimate of drug-likeness (QED) is 0.646. The molecule has 3 aromatic rings. The zero-order valence-electron chi connectivity index (χ0n) is 11.2. The van der Waals surface area contributed by atoms with Gasteiger partial charge in [-0.3, -0.25) is 4.79 Å². The number of benzene rings is 2. The fourth-order valence-electron chi connectivity index (χ4n) is 2.37. The van der Waals surface area contributed by atoms with Crippen LogP contribution < -0.4 is 5.43 Å². The first kappa shape index (κ1) is 12.9. The summed E-state index contributed by atoms with van der Waals surface area (Å²) in [7, 11) is 0. The zero-order chi connectivity index (χ0) is 14.3. The Morgan fingerprint density at radius 2 is 1.75 bits per heavy atom. The Balaban J connectivity index is 2.36. The van der Waals surface area contributed by atoms with Crippen molar-refractivity contribution >= 4 is 22.6 Å². The zero-order valence-corrected chi connectivity index (χ0v) is 12.0. The van der Waals surface area contributed by atoms with Gasteiger partial charge in [0.1, 0.15) is 11.3 Å². The molecule has 3 heteroatoms. The highest BCUT2D eigenvalue weighted by Gasteiger charge is 2.11. The van der Waals surface area contributed by atoms with E-state index in [1.807, 2.05) is 38.1 Å². The standard InChI is InChI=1S/C17H13ClO2/c1-10-5-3-4-6-13(10)16-9-15(19)14-8-12(18)7-11(2)17(14)20-16/h3-9H,1-2H3. The third-order valence-electron chi connectivity index (χ3n) is 3.39. The van der Waals surface area contributed by atoms with Crippen LogP contribution in [0.5, 0.6) is 0 Å². The molecule has 0 N–H and O–H groups in total. The van der Waals surface area contributed by atoms with E-state index in [0.717, 1.165) is 16.7 Å². The van der Waals surface area contributed by atoms with Crippen LogP contribution in [0.2, 0.25) is 5.02 Å². The van der Waals surface area contributed by atoms with Gasteiger partial charge in [0.25, 0.3) is 0 Å². The largest absolute Gasteiger partial charge is 0.456 e. The second-order valence-electron chi connectivity index (χ2n) is 4.89. The van der Waals surface area contributed by atoms with E-state index in [0.29, 0.717) is 21.8 Å². The molecule has 0 saturated carbocycles. The Kier molecular flexibility index (Phi) is 3.11. The first-order chi connectivity index (χ1) is 9.56. The van der Waals surface area contributed by atoms with E-state index in [1.165, 1.54) is 6.07 Å². The van der Waals surface area contributed by atoms with E-state index in [-0.39, 0.29) is 5.43 Å². The van der Waals surface area contributed by atoms with Crippen LogP contribution in [-0.4, -0.2) is 0 Å². The van der Waals surface area contributed by atoms with Crippen molar-refractivity contribution in [3.8, 4) is 11.3 Å². The number of hydrogen-bond donors (Lipinski definition) is 0. The molecule has 20 heavy (non-hydrogen) atoms. The third-order valence-corrected chi connectivity index (χ3v) is 3.61. The molecule has 100 valence electrons. The average Bonchev–Trinajstić information content (AvgIpc) is 2.40. The SMILES string of the molecule is Cc1ccccc1-c1cc(=O)c2cc(Cl)cc(C)c2o1. The number of rotatable bonds is 1. The van der Waals surface area contributed by atoms with Gasteiger partial charge < -0.3 is 4.42 Å². The van der Waals surface area contributed by atoms with E-state index < -0.39 is 0 Å². The minimum absolute atomic E-state index is 0.0740. The Hall–Kier alpha value is -2.06. The molecule has 1 aromatic heterocycles. The molecule has 0 atom stereocenters. The second kappa shape index (κ2) is 4.80. The summed E-state index contributed by atoms with van der Waals surface area (Å²) < 4.78 is 5.94. The summed E-state index contributed by atoms with van der Waals surface area (Å²) in [5.41, 5.74) is 3.39. The lowest BCUT2D eigenvalue weighted by molar-refractivity contribution is 0.615. The van der Waals surface area contributed by atoms with E-state index >= 15 is 0 Å². The molecule has 0 saturated heterocycles. The fraction of sp³-hybridized carbons (Fsp3) is 0.118. The molecule has 0 aliphatic carbocycles. The molecule has 0 fully saturated rings. The molecule has 0 bridgehead atoms. The van der Waals surface area contributed by atoms with Crippen molar-refractivity contribution in [1.82, 2.24) is 0 Å². The lowest BCUT2D eigenvalue weighted by atomic mass is 10.1. The number of hydrogen-bond acceptors (Lipinski definition) is 2. The highest BCUT2D eigenvalue weighted by Crippen LogP contribution is 2.28. The van der Waals surface area contributed by atoms with Crippen LogP contribution in [0.4, 0.5) is 0 Å². The Labute approximate surface area is 121 Å². The predicted molar refractivity (Wildman–Crippen MR) is 82.4 cm³/mol. The molecule has 0 aliphatic heterocycles. The minimum Gasteiger partial charge on any atom is -0.456 e. The minimum atomic E-state index is -0.0740. The smallest absolute Gasteiger partial charge is 0.193 e. The molecule has 1 heterocycles. The number of aryl methyl sites for hydroxylation is 2. The summed E-state index contributed by atoms with van der Waals surface area (Å²) in [5, 5.41) is 1.07. The van der Waals surface area contributed by atoms with Crippen LogP contribution in [0.25, 0.3) is 22.3 Å². The van der Waals surface area contributed by atoms with Crippen LogP contribution >= 0.6 is 11.6 Å². The molecular weight excluding hydrogens is 272 g/mol. The first-order valence-electron chi connectivity index (χ1n) is 6.36. The molecule has 2 nitrogen and oxygen atoms in total. The van der Waals surface area contributed by atoms with Gasteiger partial charge >= 0.3 is 0 Å². The molecular formula is C17H13ClO2. The number of fused-ring (bicyclic) bond motifs is 1. The van der Waals surface area contributed by atoms with Gasteiger partial charge in [-0.15, -0.1) is 0 Å². The third kappa shape index (κ3) is 2.12. The summed E-state index contributed by atoms with van der Waals surface area (Å²) in [5.74, 6) is 0.589. The van der Waals surface area contributed by atoms with Crippen molar-refractivity contribution in [1.29, 1.82) is 0 Å². The first-order valence-corrected chi connectivity index (χ1v) is 6.74. The van der Waals surface area contributed by atoms with Crippen LogP contribution in [0, 0.1) is 13.8 Å². The maximum Gasteiger partial charge on any atom is 0.193 e. The lowest BCUT2D eigenvalue weighted by Gasteiger charge is -2.08. The molecule has 0 radical (unpaired) electrons. The lowest BCUT2D eigenvalue weighted by Crippen LogP contribution is -2.01. The van der Waals surface area contributed by atoms with E-state index in [1.54, 1.807) is 12.1 Å². The van der Waals surface area contributed by atoms with Crippen LogP contribution in [0.3, 0.4) is 0 Å². The van der Waals surface area contributed by atoms with Gasteiger partial charge in [0.15, 0.2) is 5.43 Å². The van der Waals surface area contributed by atoms with E-state index in [2.05, 4.69) is 0 Å². The maximum atomic E-state index is 12.3. The predicted octanol–water partition coefficient (Wildman–Crippen LogP) is 4.73. The van der Waals surface area contributed by atoms with Crippen molar-refractivity contribution in [3.05, 3.63) is 68.8 Å². The maximum absolute atomic E-state index is 12.3. The topological polar surface area (TPSA) is 30.2 Å². The highest BCUT2D eigenvalue weighted by atomic mass is 35.5. The van der Waals surface area contributed by atoms with Crippen molar-refractivity contribution < 1.29 is 4.42 Å². The molecule has 0 amide bonds. The van der Waals surface area contributed by atoms with Crippen molar-refractivity contribution in [2.75, 3.05) is 0 Å². The van der Waals surface area contributed by atoms with Gasteiger partial charge in [0.05, 0.1) is 5.39 Å². The van der Waals surface area contributed by atoms with Gasteiger partial charge in [0, 0.05) is 16.7 Å². The van der Waals surface area contributed by atoms with Gasteiger partial charge in [-0.25, -0.2) is 0 Å². The average molecular weight is 285 g/mol. The Morgan fingerprint density at radius 3 is 2.50 bits per heavy atom. The summed E-state index contributed by atoms with van der Waals surface area (Å²) in [6, 6.07) is 12.8. The van der Waals surface area contributed by atoms with Crippen molar-refractivity contribution in [2.45, 2.75) is 13.8 Å². The summed E-state index contributed by atoms with van der Waals surface area (Å²) in [4.78, 5) is 12.3. The van der Waals surface area contributed by atoms with E-state index in [4.69, 9.17) is 16.0 Å². The van der Waals surface area contributed by atoms with Crippen LogP contribution in [-0.2, 0) is 0 Å². The second-order valence-corrected chi connectivity index (χ2v) is 5.33.